The monoisotopic (exact) mass is 402 g/mol. The van der Waals surface area contributed by atoms with Crippen LogP contribution in [-0.2, 0) is 6.61 Å². The summed E-state index contributed by atoms with van der Waals surface area (Å²) < 4.78 is 60.7. The predicted molar refractivity (Wildman–Crippen MR) is 90.8 cm³/mol. The van der Waals surface area contributed by atoms with Crippen molar-refractivity contribution in [1.29, 1.82) is 0 Å². The van der Waals surface area contributed by atoms with Gasteiger partial charge in [0.05, 0.1) is 5.56 Å². The Kier molecular flexibility index (Phi) is 5.33. The van der Waals surface area contributed by atoms with Crippen LogP contribution in [0.5, 0.6) is 11.5 Å². The van der Waals surface area contributed by atoms with E-state index in [0.29, 0.717) is 5.56 Å². The molecule has 0 aliphatic heterocycles. The second-order valence-corrected chi connectivity index (χ2v) is 6.76. The first-order valence-corrected chi connectivity index (χ1v) is 8.52. The highest BCUT2D eigenvalue weighted by Gasteiger charge is 2.31. The largest absolute Gasteiger partial charge is 0.573 e. The Morgan fingerprint density at radius 2 is 1.81 bits per heavy atom. The number of ketones is 1. The first kappa shape index (κ1) is 19.5. The quantitative estimate of drug-likeness (QED) is 0.436. The number of ether oxygens (including phenoxy) is 2. The van der Waals surface area contributed by atoms with Crippen molar-refractivity contribution in [3.8, 4) is 11.5 Å². The van der Waals surface area contributed by atoms with E-state index in [4.69, 9.17) is 16.3 Å². The molecule has 2 aromatic rings. The molecule has 1 aliphatic rings. The summed E-state index contributed by atoms with van der Waals surface area (Å²) in [5.74, 6) is -1.25. The van der Waals surface area contributed by atoms with Crippen molar-refractivity contribution >= 4 is 17.4 Å². The van der Waals surface area contributed by atoms with Gasteiger partial charge < -0.3 is 9.47 Å². The molecule has 1 aliphatic carbocycles. The number of halogens is 5. The molecule has 27 heavy (non-hydrogen) atoms. The van der Waals surface area contributed by atoms with E-state index in [-0.39, 0.29) is 34.6 Å². The van der Waals surface area contributed by atoms with Crippen molar-refractivity contribution in [3.63, 3.8) is 0 Å². The first-order valence-electron chi connectivity index (χ1n) is 8.15. The molecule has 8 heteroatoms. The molecule has 1 fully saturated rings. The molecular weight excluding hydrogens is 388 g/mol. The average Bonchev–Trinajstić information content (AvgIpc) is 3.35. The van der Waals surface area contributed by atoms with Gasteiger partial charge in [-0.1, -0.05) is 11.6 Å². The Morgan fingerprint density at radius 1 is 1.15 bits per heavy atom. The maximum Gasteiger partial charge on any atom is 0.573 e. The number of hydrogen-bond donors (Lipinski definition) is 0. The van der Waals surface area contributed by atoms with E-state index in [1.165, 1.54) is 25.1 Å². The molecule has 0 aromatic heterocycles. The summed E-state index contributed by atoms with van der Waals surface area (Å²) in [5.41, 5.74) is 1.37. The molecule has 0 unspecified atom stereocenters. The SMILES string of the molecule is CC(=O)c1cc(C2CC2)c(COc2cc(Cl)cc(OC(F)(F)F)c2)cc1F. The predicted octanol–water partition coefficient (Wildman–Crippen LogP) is 6.04. The highest BCUT2D eigenvalue weighted by Crippen LogP contribution is 2.43. The van der Waals surface area contributed by atoms with E-state index in [2.05, 4.69) is 4.74 Å². The highest BCUT2D eigenvalue weighted by atomic mass is 35.5. The molecule has 3 nitrogen and oxygen atoms in total. The lowest BCUT2D eigenvalue weighted by atomic mass is 9.98. The fourth-order valence-corrected chi connectivity index (χ4v) is 2.99. The van der Waals surface area contributed by atoms with Crippen molar-refractivity contribution in [2.24, 2.45) is 0 Å². The van der Waals surface area contributed by atoms with Crippen LogP contribution >= 0.6 is 11.6 Å². The van der Waals surface area contributed by atoms with Crippen molar-refractivity contribution in [1.82, 2.24) is 0 Å². The number of carbonyl (C=O) groups is 1. The lowest BCUT2D eigenvalue weighted by molar-refractivity contribution is -0.274. The van der Waals surface area contributed by atoms with Gasteiger partial charge in [0.25, 0.3) is 0 Å². The number of carbonyl (C=O) groups excluding carboxylic acids is 1. The summed E-state index contributed by atoms with van der Waals surface area (Å²) in [6.07, 6.45) is -3.00. The van der Waals surface area contributed by atoms with Gasteiger partial charge in [-0.2, -0.15) is 0 Å². The molecule has 3 rings (SSSR count). The van der Waals surface area contributed by atoms with Gasteiger partial charge in [-0.3, -0.25) is 4.79 Å². The van der Waals surface area contributed by atoms with E-state index >= 15 is 0 Å². The minimum atomic E-state index is -4.85. The molecule has 0 spiro atoms. The van der Waals surface area contributed by atoms with Crippen LogP contribution in [0.1, 0.15) is 47.2 Å². The lowest BCUT2D eigenvalue weighted by Crippen LogP contribution is -2.17. The Bertz CT molecular complexity index is 876. The van der Waals surface area contributed by atoms with Gasteiger partial charge >= 0.3 is 6.36 Å². The minimum Gasteiger partial charge on any atom is -0.489 e. The Balaban J connectivity index is 1.82. The van der Waals surface area contributed by atoms with E-state index in [0.717, 1.165) is 30.5 Å². The summed E-state index contributed by atoms with van der Waals surface area (Å²) in [5, 5.41) is 0.00674. The zero-order valence-electron chi connectivity index (χ0n) is 14.2. The van der Waals surface area contributed by atoms with Crippen molar-refractivity contribution in [3.05, 3.63) is 57.9 Å². The van der Waals surface area contributed by atoms with Crippen LogP contribution in [0.4, 0.5) is 17.6 Å². The van der Waals surface area contributed by atoms with Crippen LogP contribution in [0.2, 0.25) is 5.02 Å². The zero-order valence-corrected chi connectivity index (χ0v) is 15.0. The van der Waals surface area contributed by atoms with Crippen LogP contribution in [0, 0.1) is 5.82 Å². The van der Waals surface area contributed by atoms with Gasteiger partial charge in [0.1, 0.15) is 23.9 Å². The van der Waals surface area contributed by atoms with Gasteiger partial charge in [0.2, 0.25) is 0 Å². The molecule has 0 radical (unpaired) electrons. The molecule has 0 N–H and O–H groups in total. The Labute approximate surface area is 157 Å². The standard InChI is InChI=1S/C19H15ClF4O3/c1-10(25)16-8-17(11-2-3-11)12(4-18(16)21)9-26-14-5-13(20)6-15(7-14)27-19(22,23)24/h4-8,11H,2-3,9H2,1H3. The molecule has 0 bridgehead atoms. The molecule has 144 valence electrons. The third-order valence-electron chi connectivity index (χ3n) is 4.10. The summed E-state index contributed by atoms with van der Waals surface area (Å²) in [6.45, 7) is 1.21. The van der Waals surface area contributed by atoms with Gasteiger partial charge in [0.15, 0.2) is 5.78 Å². The number of hydrogen-bond acceptors (Lipinski definition) is 3. The molecule has 0 saturated heterocycles. The van der Waals surface area contributed by atoms with Gasteiger partial charge in [-0.15, -0.1) is 13.2 Å². The Hall–Kier alpha value is -2.28. The van der Waals surface area contributed by atoms with Crippen LogP contribution < -0.4 is 9.47 Å². The topological polar surface area (TPSA) is 35.5 Å². The smallest absolute Gasteiger partial charge is 0.489 e. The molecule has 2 aromatic carbocycles. The third-order valence-corrected chi connectivity index (χ3v) is 4.32. The van der Waals surface area contributed by atoms with E-state index in [1.54, 1.807) is 0 Å². The summed E-state index contributed by atoms with van der Waals surface area (Å²) in [6, 6.07) is 6.17. The van der Waals surface area contributed by atoms with Gasteiger partial charge in [0, 0.05) is 11.1 Å². The molecule has 1 saturated carbocycles. The fourth-order valence-electron chi connectivity index (χ4n) is 2.77. The van der Waals surface area contributed by atoms with Crippen LogP contribution in [-0.4, -0.2) is 12.1 Å². The highest BCUT2D eigenvalue weighted by molar-refractivity contribution is 6.30. The summed E-state index contributed by atoms with van der Waals surface area (Å²) >= 11 is 5.81. The van der Waals surface area contributed by atoms with E-state index < -0.39 is 17.9 Å². The maximum atomic E-state index is 14.2. The van der Waals surface area contributed by atoms with Crippen LogP contribution in [0.25, 0.3) is 0 Å². The van der Waals surface area contributed by atoms with E-state index in [9.17, 15) is 22.4 Å². The normalized spacial score (nSPS) is 14.1. The average molecular weight is 403 g/mol. The number of Topliss-reactive ketones (excluding diaryl/α,β-unsaturated/α-hetero) is 1. The summed E-state index contributed by atoms with van der Waals surface area (Å²) in [7, 11) is 0. The lowest BCUT2D eigenvalue weighted by Gasteiger charge is -2.14. The third kappa shape index (κ3) is 5.13. The fraction of sp³-hybridized carbons (Fsp3) is 0.316. The van der Waals surface area contributed by atoms with Crippen LogP contribution in [0.15, 0.2) is 30.3 Å². The number of alkyl halides is 3. The van der Waals surface area contributed by atoms with Gasteiger partial charge in [-0.05, 0) is 61.1 Å². The second-order valence-electron chi connectivity index (χ2n) is 6.32. The maximum absolute atomic E-state index is 14.2. The van der Waals surface area contributed by atoms with Crippen molar-refractivity contribution in [2.75, 3.05) is 0 Å². The van der Waals surface area contributed by atoms with Gasteiger partial charge in [-0.25, -0.2) is 4.39 Å². The molecule has 0 atom stereocenters. The number of rotatable bonds is 6. The minimum absolute atomic E-state index is 0.00674. The molecular formula is C19H15ClF4O3. The summed E-state index contributed by atoms with van der Waals surface area (Å²) in [4.78, 5) is 11.5. The van der Waals surface area contributed by atoms with Crippen molar-refractivity contribution < 1.29 is 31.8 Å². The zero-order chi connectivity index (χ0) is 19.8. The second kappa shape index (κ2) is 7.38. The Morgan fingerprint density at radius 3 is 2.41 bits per heavy atom. The first-order chi connectivity index (χ1) is 12.6. The van der Waals surface area contributed by atoms with E-state index in [1.807, 2.05) is 0 Å². The number of benzene rings is 2. The molecule has 0 heterocycles. The van der Waals surface area contributed by atoms with Crippen LogP contribution in [0.3, 0.4) is 0 Å². The van der Waals surface area contributed by atoms with Crippen molar-refractivity contribution in [2.45, 2.75) is 38.7 Å². The molecule has 0 amide bonds.